The van der Waals surface area contributed by atoms with Crippen molar-refractivity contribution in [1.82, 2.24) is 9.62 Å². The first-order valence-corrected chi connectivity index (χ1v) is 8.14. The van der Waals surface area contributed by atoms with Gasteiger partial charge in [0.25, 0.3) is 0 Å². The van der Waals surface area contributed by atoms with Crippen LogP contribution in [0, 0.1) is 11.3 Å². The Morgan fingerprint density at radius 2 is 2.10 bits per heavy atom. The van der Waals surface area contributed by atoms with Gasteiger partial charge in [-0.3, -0.25) is 0 Å². The lowest BCUT2D eigenvalue weighted by atomic mass is 10.2. The molecule has 1 N–H and O–H groups in total. The van der Waals surface area contributed by atoms with Crippen LogP contribution in [0.1, 0.15) is 5.56 Å². The van der Waals surface area contributed by atoms with E-state index >= 15 is 0 Å². The quantitative estimate of drug-likeness (QED) is 0.720. The van der Waals surface area contributed by atoms with E-state index in [4.69, 9.17) is 21.6 Å². The van der Waals surface area contributed by atoms with Crippen molar-refractivity contribution in [2.45, 2.75) is 4.90 Å². The summed E-state index contributed by atoms with van der Waals surface area (Å²) in [5.41, 5.74) is 0.239. The minimum Gasteiger partial charge on any atom is -0.379 e. The maximum atomic E-state index is 12.0. The van der Waals surface area contributed by atoms with E-state index in [0.29, 0.717) is 6.61 Å². The summed E-state index contributed by atoms with van der Waals surface area (Å²) in [5, 5.41) is 8.87. The van der Waals surface area contributed by atoms with E-state index in [1.807, 2.05) is 25.1 Å². The fourth-order valence-electron chi connectivity index (χ4n) is 1.43. The highest BCUT2D eigenvalue weighted by Gasteiger charge is 2.15. The molecule has 0 aromatic heterocycles. The molecule has 0 atom stereocenters. The standard InChI is InChI=1S/C13H18ClN3O3S/c1-17(2)6-8-20-7-5-16-21(18,19)12-4-3-11(10-15)13(14)9-12/h3-4,9,16H,5-8H2,1-2H3. The molecule has 0 spiro atoms. The van der Waals surface area contributed by atoms with Crippen LogP contribution in [0.25, 0.3) is 0 Å². The summed E-state index contributed by atoms with van der Waals surface area (Å²) < 4.78 is 31.7. The Bertz CT molecular complexity index is 612. The minimum atomic E-state index is -3.65. The summed E-state index contributed by atoms with van der Waals surface area (Å²) in [6, 6.07) is 5.86. The van der Waals surface area contributed by atoms with Crippen molar-refractivity contribution >= 4 is 21.6 Å². The van der Waals surface area contributed by atoms with Gasteiger partial charge in [0.05, 0.1) is 28.7 Å². The zero-order valence-corrected chi connectivity index (χ0v) is 13.5. The topological polar surface area (TPSA) is 82.4 Å². The van der Waals surface area contributed by atoms with Crippen LogP contribution in [0.2, 0.25) is 5.02 Å². The number of rotatable bonds is 8. The Morgan fingerprint density at radius 3 is 2.67 bits per heavy atom. The monoisotopic (exact) mass is 331 g/mol. The molecule has 1 aromatic rings. The Kier molecular flexibility index (Phi) is 7.08. The number of sulfonamides is 1. The van der Waals surface area contributed by atoms with Crippen molar-refractivity contribution in [2.24, 2.45) is 0 Å². The van der Waals surface area contributed by atoms with E-state index < -0.39 is 10.0 Å². The molecule has 0 saturated carbocycles. The molecule has 1 aromatic carbocycles. The van der Waals surface area contributed by atoms with Crippen molar-refractivity contribution < 1.29 is 13.2 Å². The van der Waals surface area contributed by atoms with E-state index in [1.54, 1.807) is 0 Å². The second-order valence-corrected chi connectivity index (χ2v) is 6.74. The SMILES string of the molecule is CN(C)CCOCCNS(=O)(=O)c1ccc(C#N)c(Cl)c1. The van der Waals surface area contributed by atoms with Crippen LogP contribution in [0.5, 0.6) is 0 Å². The van der Waals surface area contributed by atoms with Crippen LogP contribution in [-0.2, 0) is 14.8 Å². The number of benzene rings is 1. The molecule has 0 unspecified atom stereocenters. The van der Waals surface area contributed by atoms with Gasteiger partial charge >= 0.3 is 0 Å². The molecule has 1 rings (SSSR count). The molecule has 21 heavy (non-hydrogen) atoms. The van der Waals surface area contributed by atoms with Crippen molar-refractivity contribution in [3.05, 3.63) is 28.8 Å². The van der Waals surface area contributed by atoms with E-state index in [2.05, 4.69) is 4.72 Å². The molecule has 0 aliphatic carbocycles. The average Bonchev–Trinajstić information content (AvgIpc) is 2.42. The summed E-state index contributed by atoms with van der Waals surface area (Å²) in [4.78, 5) is 2.00. The normalized spacial score (nSPS) is 11.6. The fourth-order valence-corrected chi connectivity index (χ4v) is 2.76. The number of nitrogens with zero attached hydrogens (tertiary/aromatic N) is 2. The molecule has 0 bridgehead atoms. The van der Waals surface area contributed by atoms with Gasteiger partial charge in [-0.2, -0.15) is 5.26 Å². The first kappa shape index (κ1) is 17.9. The van der Waals surface area contributed by atoms with Gasteiger partial charge in [-0.25, -0.2) is 13.1 Å². The van der Waals surface area contributed by atoms with E-state index in [-0.39, 0.29) is 28.6 Å². The first-order valence-electron chi connectivity index (χ1n) is 6.28. The van der Waals surface area contributed by atoms with Crippen LogP contribution < -0.4 is 4.72 Å². The minimum absolute atomic E-state index is 0.0276. The van der Waals surface area contributed by atoms with Crippen molar-refractivity contribution in [3.63, 3.8) is 0 Å². The molecular weight excluding hydrogens is 314 g/mol. The number of nitriles is 1. The summed E-state index contributed by atoms with van der Waals surface area (Å²) in [6.07, 6.45) is 0. The smallest absolute Gasteiger partial charge is 0.240 e. The van der Waals surface area contributed by atoms with Crippen molar-refractivity contribution in [3.8, 4) is 6.07 Å². The van der Waals surface area contributed by atoms with Crippen LogP contribution in [0.3, 0.4) is 0 Å². The second-order valence-electron chi connectivity index (χ2n) is 4.57. The first-order chi connectivity index (χ1) is 9.86. The fraction of sp³-hybridized carbons (Fsp3) is 0.462. The molecular formula is C13H18ClN3O3S. The molecule has 0 aliphatic heterocycles. The van der Waals surface area contributed by atoms with Crippen molar-refractivity contribution in [1.29, 1.82) is 5.26 Å². The molecule has 0 fully saturated rings. The van der Waals surface area contributed by atoms with Gasteiger partial charge in [-0.1, -0.05) is 11.6 Å². The lowest BCUT2D eigenvalue weighted by Gasteiger charge is -2.10. The number of likely N-dealkylation sites (N-methyl/N-ethyl adjacent to an activating group) is 1. The number of nitrogens with one attached hydrogen (secondary N) is 1. The molecule has 0 amide bonds. The third-order valence-electron chi connectivity index (χ3n) is 2.59. The predicted octanol–water partition coefficient (Wildman–Crippen LogP) is 1.07. The average molecular weight is 332 g/mol. The van der Waals surface area contributed by atoms with Crippen molar-refractivity contribution in [2.75, 3.05) is 40.4 Å². The molecule has 0 radical (unpaired) electrons. The van der Waals surface area contributed by atoms with E-state index in [1.165, 1.54) is 18.2 Å². The Labute approximate surface area is 130 Å². The third kappa shape index (κ3) is 5.99. The highest BCUT2D eigenvalue weighted by molar-refractivity contribution is 7.89. The highest BCUT2D eigenvalue weighted by Crippen LogP contribution is 2.19. The van der Waals surface area contributed by atoms with Gasteiger partial charge in [0, 0.05) is 13.1 Å². The predicted molar refractivity (Wildman–Crippen MR) is 80.7 cm³/mol. The number of halogens is 1. The molecule has 0 aliphatic rings. The zero-order valence-electron chi connectivity index (χ0n) is 12.0. The zero-order chi connectivity index (χ0) is 15.9. The van der Waals surface area contributed by atoms with Gasteiger partial charge < -0.3 is 9.64 Å². The maximum absolute atomic E-state index is 12.0. The van der Waals surface area contributed by atoms with Gasteiger partial charge in [0.15, 0.2) is 0 Å². The third-order valence-corrected chi connectivity index (χ3v) is 4.36. The van der Waals surface area contributed by atoms with Gasteiger partial charge in [-0.15, -0.1) is 0 Å². The highest BCUT2D eigenvalue weighted by atomic mass is 35.5. The van der Waals surface area contributed by atoms with E-state index in [0.717, 1.165) is 6.54 Å². The Morgan fingerprint density at radius 1 is 1.38 bits per heavy atom. The largest absolute Gasteiger partial charge is 0.379 e. The molecule has 116 valence electrons. The molecule has 6 nitrogen and oxygen atoms in total. The van der Waals surface area contributed by atoms with Gasteiger partial charge in [-0.05, 0) is 32.3 Å². The summed E-state index contributed by atoms with van der Waals surface area (Å²) in [6.45, 7) is 1.78. The van der Waals surface area contributed by atoms with Crippen LogP contribution >= 0.6 is 11.6 Å². The lowest BCUT2D eigenvalue weighted by Crippen LogP contribution is -2.28. The Balaban J connectivity index is 2.51. The number of hydrogen-bond acceptors (Lipinski definition) is 5. The maximum Gasteiger partial charge on any atom is 0.240 e. The summed E-state index contributed by atoms with van der Waals surface area (Å²) >= 11 is 5.82. The molecule has 0 saturated heterocycles. The summed E-state index contributed by atoms with van der Waals surface area (Å²) in [5.74, 6) is 0. The van der Waals surface area contributed by atoms with E-state index in [9.17, 15) is 8.42 Å². The van der Waals surface area contributed by atoms with Crippen LogP contribution in [0.4, 0.5) is 0 Å². The van der Waals surface area contributed by atoms with Gasteiger partial charge in [0.2, 0.25) is 10.0 Å². The second kappa shape index (κ2) is 8.32. The number of ether oxygens (including phenoxy) is 1. The molecule has 0 heterocycles. The summed E-state index contributed by atoms with van der Waals surface area (Å²) in [7, 11) is 0.217. The van der Waals surface area contributed by atoms with Crippen LogP contribution in [-0.4, -0.2) is 53.7 Å². The molecule has 8 heteroatoms. The Hall–Kier alpha value is -1.17. The van der Waals surface area contributed by atoms with Crippen LogP contribution in [0.15, 0.2) is 23.1 Å². The van der Waals surface area contributed by atoms with Gasteiger partial charge in [0.1, 0.15) is 6.07 Å². The lowest BCUT2D eigenvalue weighted by molar-refractivity contribution is 0.122. The number of hydrogen-bond donors (Lipinski definition) is 1.